The molecule has 0 aliphatic carbocycles. The SMILES string of the molecule is CCc1ccc(C(Cl)c2cc3c(cc2Cl)OCCO3)o1. The van der Waals surface area contributed by atoms with Crippen LogP contribution in [0.25, 0.3) is 0 Å². The Balaban J connectivity index is 1.96. The molecular weight excluding hydrogens is 299 g/mol. The molecule has 0 radical (unpaired) electrons. The Kier molecular flexibility index (Phi) is 3.81. The van der Waals surface area contributed by atoms with E-state index >= 15 is 0 Å². The van der Waals surface area contributed by atoms with Crippen LogP contribution in [-0.4, -0.2) is 13.2 Å². The van der Waals surface area contributed by atoms with Crippen molar-refractivity contribution in [3.8, 4) is 11.5 Å². The highest BCUT2D eigenvalue weighted by atomic mass is 35.5. The second kappa shape index (κ2) is 5.58. The number of rotatable bonds is 3. The van der Waals surface area contributed by atoms with Gasteiger partial charge in [-0.05, 0) is 18.2 Å². The Labute approximate surface area is 127 Å². The van der Waals surface area contributed by atoms with Crippen LogP contribution in [0.3, 0.4) is 0 Å². The maximum absolute atomic E-state index is 6.48. The summed E-state index contributed by atoms with van der Waals surface area (Å²) in [7, 11) is 0. The fraction of sp³-hybridized carbons (Fsp3) is 0.333. The summed E-state index contributed by atoms with van der Waals surface area (Å²) in [6.45, 7) is 3.09. The molecule has 2 heterocycles. The van der Waals surface area contributed by atoms with Gasteiger partial charge in [-0.25, -0.2) is 0 Å². The van der Waals surface area contributed by atoms with Gasteiger partial charge in [-0.2, -0.15) is 0 Å². The van der Waals surface area contributed by atoms with Crippen LogP contribution in [0, 0.1) is 0 Å². The number of aryl methyl sites for hydroxylation is 1. The van der Waals surface area contributed by atoms with Crippen molar-refractivity contribution >= 4 is 23.2 Å². The number of alkyl halides is 1. The van der Waals surface area contributed by atoms with Crippen LogP contribution in [0.4, 0.5) is 0 Å². The summed E-state index contributed by atoms with van der Waals surface area (Å²) in [5.41, 5.74) is 0.759. The van der Waals surface area contributed by atoms with Crippen LogP contribution in [0.2, 0.25) is 5.02 Å². The molecule has 5 heteroatoms. The van der Waals surface area contributed by atoms with E-state index in [4.69, 9.17) is 37.1 Å². The summed E-state index contributed by atoms with van der Waals surface area (Å²) >= 11 is 12.8. The molecule has 2 aromatic rings. The minimum atomic E-state index is -0.446. The van der Waals surface area contributed by atoms with Gasteiger partial charge in [0.1, 0.15) is 30.1 Å². The first-order valence-electron chi connectivity index (χ1n) is 6.50. The highest BCUT2D eigenvalue weighted by Gasteiger charge is 2.22. The number of hydrogen-bond acceptors (Lipinski definition) is 3. The second-order valence-corrected chi connectivity index (χ2v) is 5.38. The number of ether oxygens (including phenoxy) is 2. The van der Waals surface area contributed by atoms with E-state index in [1.165, 1.54) is 0 Å². The van der Waals surface area contributed by atoms with Crippen molar-refractivity contribution in [3.63, 3.8) is 0 Å². The van der Waals surface area contributed by atoms with Gasteiger partial charge in [0.05, 0.1) is 0 Å². The van der Waals surface area contributed by atoms with E-state index < -0.39 is 5.38 Å². The van der Waals surface area contributed by atoms with Crippen LogP contribution in [0.1, 0.15) is 29.4 Å². The first-order valence-corrected chi connectivity index (χ1v) is 7.32. The standard InChI is InChI=1S/C15H14Cl2O3/c1-2-9-3-4-12(20-9)15(17)10-7-13-14(8-11(10)16)19-6-5-18-13/h3-4,7-8,15H,2,5-6H2,1H3. The summed E-state index contributed by atoms with van der Waals surface area (Å²) in [6, 6.07) is 7.37. The second-order valence-electron chi connectivity index (χ2n) is 4.54. The lowest BCUT2D eigenvalue weighted by molar-refractivity contribution is 0.171. The molecule has 0 bridgehead atoms. The number of fused-ring (bicyclic) bond motifs is 1. The van der Waals surface area contributed by atoms with Gasteiger partial charge < -0.3 is 13.9 Å². The summed E-state index contributed by atoms with van der Waals surface area (Å²) in [6.07, 6.45) is 0.832. The molecule has 1 aromatic carbocycles. The minimum Gasteiger partial charge on any atom is -0.486 e. The van der Waals surface area contributed by atoms with E-state index in [1.807, 2.05) is 25.1 Å². The highest BCUT2D eigenvalue weighted by molar-refractivity contribution is 6.33. The molecular formula is C15H14Cl2O3. The molecule has 0 fully saturated rings. The zero-order valence-electron chi connectivity index (χ0n) is 11.0. The molecule has 1 unspecified atom stereocenters. The molecule has 0 spiro atoms. The van der Waals surface area contributed by atoms with Gasteiger partial charge in [-0.3, -0.25) is 0 Å². The molecule has 0 saturated carbocycles. The van der Waals surface area contributed by atoms with Gasteiger partial charge in [0, 0.05) is 23.1 Å². The fourth-order valence-corrected chi connectivity index (χ4v) is 2.76. The average Bonchev–Trinajstić information content (AvgIpc) is 2.94. The summed E-state index contributed by atoms with van der Waals surface area (Å²) in [5, 5.41) is 0.0994. The Morgan fingerprint density at radius 1 is 1.15 bits per heavy atom. The molecule has 20 heavy (non-hydrogen) atoms. The van der Waals surface area contributed by atoms with E-state index in [-0.39, 0.29) is 0 Å². The minimum absolute atomic E-state index is 0.446. The monoisotopic (exact) mass is 312 g/mol. The van der Waals surface area contributed by atoms with Crippen molar-refractivity contribution < 1.29 is 13.9 Å². The topological polar surface area (TPSA) is 31.6 Å². The quantitative estimate of drug-likeness (QED) is 0.776. The van der Waals surface area contributed by atoms with Crippen molar-refractivity contribution in [2.24, 2.45) is 0 Å². The van der Waals surface area contributed by atoms with Crippen molar-refractivity contribution in [1.29, 1.82) is 0 Å². The van der Waals surface area contributed by atoms with Crippen molar-refractivity contribution in [3.05, 3.63) is 46.4 Å². The predicted octanol–water partition coefficient (Wildman–Crippen LogP) is 4.59. The lowest BCUT2D eigenvalue weighted by atomic mass is 10.1. The zero-order chi connectivity index (χ0) is 14.1. The Morgan fingerprint density at radius 3 is 2.50 bits per heavy atom. The van der Waals surface area contributed by atoms with Gasteiger partial charge in [0.25, 0.3) is 0 Å². The van der Waals surface area contributed by atoms with E-state index in [9.17, 15) is 0 Å². The van der Waals surface area contributed by atoms with Crippen LogP contribution in [0.5, 0.6) is 11.5 Å². The predicted molar refractivity (Wildman–Crippen MR) is 78.2 cm³/mol. The molecule has 1 aromatic heterocycles. The molecule has 3 nitrogen and oxygen atoms in total. The number of hydrogen-bond donors (Lipinski definition) is 0. The smallest absolute Gasteiger partial charge is 0.162 e. The van der Waals surface area contributed by atoms with Gasteiger partial charge in [-0.1, -0.05) is 18.5 Å². The number of benzene rings is 1. The maximum Gasteiger partial charge on any atom is 0.162 e. The first kappa shape index (κ1) is 13.7. The van der Waals surface area contributed by atoms with E-state index in [1.54, 1.807) is 6.07 Å². The van der Waals surface area contributed by atoms with Crippen molar-refractivity contribution in [2.75, 3.05) is 13.2 Å². The third-order valence-corrected chi connectivity index (χ3v) is 3.99. The zero-order valence-corrected chi connectivity index (χ0v) is 12.5. The number of halogens is 2. The van der Waals surface area contributed by atoms with Gasteiger partial charge in [-0.15, -0.1) is 11.6 Å². The van der Waals surface area contributed by atoms with Gasteiger partial charge >= 0.3 is 0 Å². The van der Waals surface area contributed by atoms with Crippen LogP contribution in [-0.2, 0) is 6.42 Å². The third-order valence-electron chi connectivity index (χ3n) is 3.22. The third kappa shape index (κ3) is 2.48. The largest absolute Gasteiger partial charge is 0.486 e. The van der Waals surface area contributed by atoms with Crippen molar-refractivity contribution in [1.82, 2.24) is 0 Å². The maximum atomic E-state index is 6.48. The summed E-state index contributed by atoms with van der Waals surface area (Å²) < 4.78 is 16.7. The van der Waals surface area contributed by atoms with E-state index in [0.717, 1.165) is 17.7 Å². The Hall–Kier alpha value is -1.32. The molecule has 1 atom stereocenters. The Bertz CT molecular complexity index is 622. The average molecular weight is 313 g/mol. The van der Waals surface area contributed by atoms with Gasteiger partial charge in [0.15, 0.2) is 11.5 Å². The lowest BCUT2D eigenvalue weighted by Gasteiger charge is -2.20. The molecule has 0 N–H and O–H groups in total. The van der Waals surface area contributed by atoms with Crippen molar-refractivity contribution in [2.45, 2.75) is 18.7 Å². The molecule has 0 amide bonds. The normalized spacial score (nSPS) is 15.2. The molecule has 1 aliphatic rings. The summed E-state index contributed by atoms with van der Waals surface area (Å²) in [4.78, 5) is 0. The van der Waals surface area contributed by atoms with Crippen LogP contribution >= 0.6 is 23.2 Å². The lowest BCUT2D eigenvalue weighted by Crippen LogP contribution is -2.15. The fourth-order valence-electron chi connectivity index (χ4n) is 2.15. The first-order chi connectivity index (χ1) is 9.69. The molecule has 3 rings (SSSR count). The molecule has 1 aliphatic heterocycles. The van der Waals surface area contributed by atoms with E-state index in [2.05, 4.69) is 0 Å². The van der Waals surface area contributed by atoms with Crippen LogP contribution in [0.15, 0.2) is 28.7 Å². The van der Waals surface area contributed by atoms with E-state index in [0.29, 0.717) is 35.5 Å². The Morgan fingerprint density at radius 2 is 1.85 bits per heavy atom. The number of furan rings is 1. The summed E-state index contributed by atoms with van der Waals surface area (Å²) in [5.74, 6) is 2.91. The molecule has 0 saturated heterocycles. The van der Waals surface area contributed by atoms with Crippen LogP contribution < -0.4 is 9.47 Å². The highest BCUT2D eigenvalue weighted by Crippen LogP contribution is 2.41. The van der Waals surface area contributed by atoms with Gasteiger partial charge in [0.2, 0.25) is 0 Å². The molecule has 106 valence electrons.